The predicted octanol–water partition coefficient (Wildman–Crippen LogP) is 5.76. The molecule has 1 aromatic heterocycles. The first-order valence-corrected chi connectivity index (χ1v) is 12.9. The summed E-state index contributed by atoms with van der Waals surface area (Å²) in [4.78, 5) is 25.9. The molecular weight excluding hydrogens is 476 g/mol. The summed E-state index contributed by atoms with van der Waals surface area (Å²) < 4.78 is 0. The minimum absolute atomic E-state index is 0.122. The summed E-state index contributed by atoms with van der Waals surface area (Å²) in [5.41, 5.74) is 4.88. The molecule has 0 saturated heterocycles. The van der Waals surface area contributed by atoms with Gasteiger partial charge in [0.25, 0.3) is 5.91 Å². The van der Waals surface area contributed by atoms with Crippen LogP contribution < -0.4 is 16.0 Å². The number of rotatable bonds is 7. The first-order chi connectivity index (χ1) is 17.0. The molecule has 1 aliphatic heterocycles. The Morgan fingerprint density at radius 3 is 2.51 bits per heavy atom. The van der Waals surface area contributed by atoms with Crippen LogP contribution in [0, 0.1) is 18.3 Å². The number of allylic oxidation sites excluding steroid dienone is 2. The van der Waals surface area contributed by atoms with Crippen molar-refractivity contribution < 1.29 is 9.59 Å². The van der Waals surface area contributed by atoms with Crippen molar-refractivity contribution >= 4 is 46.3 Å². The molecule has 1 aliphatic rings. The highest BCUT2D eigenvalue weighted by Gasteiger charge is 2.35. The van der Waals surface area contributed by atoms with E-state index in [1.807, 2.05) is 85.3 Å². The molecule has 1 atom stereocenters. The normalized spacial score (nSPS) is 15.3. The third kappa shape index (κ3) is 5.83. The van der Waals surface area contributed by atoms with E-state index in [4.69, 9.17) is 0 Å². The van der Waals surface area contributed by atoms with Crippen molar-refractivity contribution in [2.45, 2.75) is 19.8 Å². The van der Waals surface area contributed by atoms with Gasteiger partial charge < -0.3 is 16.0 Å². The van der Waals surface area contributed by atoms with Crippen LogP contribution in [0.4, 0.5) is 11.4 Å². The van der Waals surface area contributed by atoms with Crippen LogP contribution in [0.3, 0.4) is 0 Å². The highest BCUT2D eigenvalue weighted by molar-refractivity contribution is 8.03. The number of aryl methyl sites for hydroxylation is 1. The largest absolute Gasteiger partial charge is 0.353 e. The Morgan fingerprint density at radius 2 is 1.83 bits per heavy atom. The molecule has 0 spiro atoms. The van der Waals surface area contributed by atoms with Gasteiger partial charge in [-0.3, -0.25) is 9.59 Å². The Hall–Kier alpha value is -3.80. The molecule has 0 fully saturated rings. The molecule has 6 nitrogen and oxygen atoms in total. The second-order valence-corrected chi connectivity index (χ2v) is 9.80. The van der Waals surface area contributed by atoms with Crippen LogP contribution in [0.2, 0.25) is 0 Å². The molecule has 0 aliphatic carbocycles. The Balaban J connectivity index is 1.58. The van der Waals surface area contributed by atoms with E-state index in [0.717, 1.165) is 16.8 Å². The standard InChI is InChI=1S/C27H24N4O2S2/c1-17-7-6-10-21(13-17)30-23(32)16-35-27-22(14-28)25(19-11-12-34-15-19)24(18(2)29-27)26(33)31-20-8-4-3-5-9-20/h3-13,15,25,29H,16H2,1-2H3,(H,30,32)(H,31,33). The van der Waals surface area contributed by atoms with Gasteiger partial charge in [0.05, 0.1) is 28.3 Å². The maximum atomic E-state index is 13.3. The number of nitrogens with one attached hydrogen (secondary N) is 3. The van der Waals surface area contributed by atoms with E-state index < -0.39 is 5.92 Å². The van der Waals surface area contributed by atoms with Crippen molar-refractivity contribution in [2.75, 3.05) is 16.4 Å². The molecule has 0 saturated carbocycles. The number of hydrogen-bond donors (Lipinski definition) is 3. The van der Waals surface area contributed by atoms with Gasteiger partial charge in [-0.15, -0.1) is 0 Å². The molecule has 3 aromatic rings. The van der Waals surface area contributed by atoms with E-state index in [1.54, 1.807) is 0 Å². The molecule has 0 radical (unpaired) electrons. The van der Waals surface area contributed by atoms with Crippen molar-refractivity contribution in [3.05, 3.63) is 104 Å². The zero-order valence-electron chi connectivity index (χ0n) is 19.3. The van der Waals surface area contributed by atoms with Gasteiger partial charge in [-0.25, -0.2) is 0 Å². The molecule has 176 valence electrons. The van der Waals surface area contributed by atoms with Crippen molar-refractivity contribution in [3.8, 4) is 6.07 Å². The highest BCUT2D eigenvalue weighted by Crippen LogP contribution is 2.41. The molecule has 35 heavy (non-hydrogen) atoms. The molecule has 0 bridgehead atoms. The number of thioether (sulfide) groups is 1. The van der Waals surface area contributed by atoms with Gasteiger partial charge in [-0.05, 0) is 66.1 Å². The SMILES string of the molecule is CC1=C(C(=O)Nc2ccccc2)C(c2ccsc2)C(C#N)=C(SCC(=O)Nc2cccc(C)c2)N1. The first-order valence-electron chi connectivity index (χ1n) is 11.0. The van der Waals surface area contributed by atoms with E-state index in [1.165, 1.54) is 23.1 Å². The summed E-state index contributed by atoms with van der Waals surface area (Å²) in [7, 11) is 0. The van der Waals surface area contributed by atoms with Crippen molar-refractivity contribution in [2.24, 2.45) is 0 Å². The molecular formula is C27H24N4O2S2. The summed E-state index contributed by atoms with van der Waals surface area (Å²) in [5.74, 6) is -0.852. The van der Waals surface area contributed by atoms with Crippen molar-refractivity contribution in [1.82, 2.24) is 5.32 Å². The van der Waals surface area contributed by atoms with Gasteiger partial charge in [-0.2, -0.15) is 16.6 Å². The molecule has 2 aromatic carbocycles. The molecule has 2 amide bonds. The average molecular weight is 501 g/mol. The number of amides is 2. The lowest BCUT2D eigenvalue weighted by Crippen LogP contribution is -2.31. The van der Waals surface area contributed by atoms with Gasteiger partial charge in [0.2, 0.25) is 5.91 Å². The highest BCUT2D eigenvalue weighted by atomic mass is 32.2. The summed E-state index contributed by atoms with van der Waals surface area (Å²) in [6.45, 7) is 3.78. The number of para-hydroxylation sites is 1. The zero-order chi connectivity index (χ0) is 24.8. The minimum Gasteiger partial charge on any atom is -0.353 e. The van der Waals surface area contributed by atoms with Crippen LogP contribution in [0.15, 0.2) is 93.3 Å². The van der Waals surface area contributed by atoms with Crippen LogP contribution in [0.1, 0.15) is 24.0 Å². The lowest BCUT2D eigenvalue weighted by Gasteiger charge is -2.29. The number of dihydropyridines is 1. The van der Waals surface area contributed by atoms with Gasteiger partial charge >= 0.3 is 0 Å². The number of anilines is 2. The number of thiophene rings is 1. The minimum atomic E-state index is -0.529. The molecule has 8 heteroatoms. The fraction of sp³-hybridized carbons (Fsp3) is 0.148. The number of hydrogen-bond acceptors (Lipinski definition) is 6. The van der Waals surface area contributed by atoms with E-state index in [2.05, 4.69) is 22.0 Å². The maximum absolute atomic E-state index is 13.3. The number of carbonyl (C=O) groups excluding carboxylic acids is 2. The Labute approximate surface area is 212 Å². The Kier molecular flexibility index (Phi) is 7.70. The van der Waals surface area contributed by atoms with Gasteiger partial charge in [0.15, 0.2) is 0 Å². The zero-order valence-corrected chi connectivity index (χ0v) is 20.9. The Morgan fingerprint density at radius 1 is 1.06 bits per heavy atom. The van der Waals surface area contributed by atoms with E-state index in [0.29, 0.717) is 27.6 Å². The topological polar surface area (TPSA) is 94.0 Å². The fourth-order valence-electron chi connectivity index (χ4n) is 3.88. The fourth-order valence-corrected chi connectivity index (χ4v) is 5.46. The lowest BCUT2D eigenvalue weighted by molar-refractivity contribution is -0.114. The van der Waals surface area contributed by atoms with Crippen molar-refractivity contribution in [3.63, 3.8) is 0 Å². The summed E-state index contributed by atoms with van der Waals surface area (Å²) >= 11 is 2.76. The van der Waals surface area contributed by atoms with E-state index in [-0.39, 0.29) is 17.6 Å². The van der Waals surface area contributed by atoms with Crippen LogP contribution in [0.25, 0.3) is 0 Å². The monoisotopic (exact) mass is 500 g/mol. The van der Waals surface area contributed by atoms with Crippen LogP contribution >= 0.6 is 23.1 Å². The Bertz CT molecular complexity index is 1340. The molecule has 2 heterocycles. The quantitative estimate of drug-likeness (QED) is 0.383. The van der Waals surface area contributed by atoms with Crippen LogP contribution in [-0.2, 0) is 9.59 Å². The van der Waals surface area contributed by atoms with Crippen LogP contribution in [-0.4, -0.2) is 17.6 Å². The third-order valence-corrected chi connectivity index (χ3v) is 7.17. The third-order valence-electron chi connectivity index (χ3n) is 5.45. The summed E-state index contributed by atoms with van der Waals surface area (Å²) in [5, 5.41) is 23.6. The molecule has 1 unspecified atom stereocenters. The number of benzene rings is 2. The average Bonchev–Trinajstić information content (AvgIpc) is 3.37. The number of nitriles is 1. The van der Waals surface area contributed by atoms with E-state index in [9.17, 15) is 14.9 Å². The smallest absolute Gasteiger partial charge is 0.254 e. The molecule has 3 N–H and O–H groups in total. The summed E-state index contributed by atoms with van der Waals surface area (Å²) in [6, 6.07) is 21.0. The second-order valence-electron chi connectivity index (χ2n) is 8.03. The van der Waals surface area contributed by atoms with Crippen molar-refractivity contribution in [1.29, 1.82) is 5.26 Å². The second kappa shape index (κ2) is 11.1. The molecule has 4 rings (SSSR count). The first kappa shape index (κ1) is 24.3. The van der Waals surface area contributed by atoms with Gasteiger partial charge in [0.1, 0.15) is 0 Å². The van der Waals surface area contributed by atoms with E-state index >= 15 is 0 Å². The predicted molar refractivity (Wildman–Crippen MR) is 143 cm³/mol. The number of carbonyl (C=O) groups is 2. The number of nitrogens with zero attached hydrogens (tertiary/aromatic N) is 1. The summed E-state index contributed by atoms with van der Waals surface area (Å²) in [6.07, 6.45) is 0. The van der Waals surface area contributed by atoms with Crippen LogP contribution in [0.5, 0.6) is 0 Å². The van der Waals surface area contributed by atoms with Gasteiger partial charge in [0, 0.05) is 22.6 Å². The lowest BCUT2D eigenvalue weighted by atomic mass is 9.83. The van der Waals surface area contributed by atoms with Gasteiger partial charge in [-0.1, -0.05) is 42.1 Å². The maximum Gasteiger partial charge on any atom is 0.254 e.